The van der Waals surface area contributed by atoms with Gasteiger partial charge in [0.2, 0.25) is 0 Å². The zero-order valence-electron chi connectivity index (χ0n) is 10.8. The van der Waals surface area contributed by atoms with Crippen LogP contribution in [-0.2, 0) is 4.74 Å². The fraction of sp³-hybridized carbons (Fsp3) is 0.231. The van der Waals surface area contributed by atoms with Gasteiger partial charge in [-0.05, 0) is 19.1 Å². The molecule has 0 fully saturated rings. The van der Waals surface area contributed by atoms with Gasteiger partial charge in [0.1, 0.15) is 5.75 Å². The molecule has 2 aromatic rings. The van der Waals surface area contributed by atoms with E-state index < -0.39 is 5.97 Å². The van der Waals surface area contributed by atoms with E-state index in [1.807, 2.05) is 0 Å². The molecule has 1 aromatic heterocycles. The van der Waals surface area contributed by atoms with Crippen molar-refractivity contribution in [2.75, 3.05) is 19.5 Å². The molecule has 0 saturated heterocycles. The molecule has 19 heavy (non-hydrogen) atoms. The molecule has 0 bridgehead atoms. The minimum atomic E-state index is -0.402. The minimum Gasteiger partial charge on any atom is -0.497 e. The summed E-state index contributed by atoms with van der Waals surface area (Å²) in [6.45, 7) is 2.08. The normalized spacial score (nSPS) is 10.2. The first-order valence-corrected chi connectivity index (χ1v) is 5.81. The number of esters is 1. The van der Waals surface area contributed by atoms with E-state index in [9.17, 15) is 4.79 Å². The second kappa shape index (κ2) is 5.43. The van der Waals surface area contributed by atoms with Gasteiger partial charge in [-0.25, -0.2) is 9.48 Å². The van der Waals surface area contributed by atoms with Gasteiger partial charge in [-0.1, -0.05) is 0 Å². The van der Waals surface area contributed by atoms with Gasteiger partial charge in [-0.2, -0.15) is 5.10 Å². The monoisotopic (exact) mass is 261 g/mol. The Hall–Kier alpha value is -2.50. The number of nitrogen functional groups attached to an aromatic ring is 1. The molecule has 2 N–H and O–H groups in total. The van der Waals surface area contributed by atoms with Crippen LogP contribution in [0.15, 0.2) is 30.6 Å². The van der Waals surface area contributed by atoms with Crippen molar-refractivity contribution in [1.82, 2.24) is 9.78 Å². The molecule has 0 radical (unpaired) electrons. The molecule has 0 saturated carbocycles. The standard InChI is InChI=1S/C13H15N3O3/c1-3-19-13(17)9-7-15-16(8-9)12-5-4-10(18-2)6-11(12)14/h4-8H,3,14H2,1-2H3. The summed E-state index contributed by atoms with van der Waals surface area (Å²) >= 11 is 0. The average molecular weight is 261 g/mol. The SMILES string of the molecule is CCOC(=O)c1cnn(-c2ccc(OC)cc2N)c1. The lowest BCUT2D eigenvalue weighted by Crippen LogP contribution is -2.04. The Bertz CT molecular complexity index is 593. The van der Waals surface area contributed by atoms with Gasteiger partial charge < -0.3 is 15.2 Å². The van der Waals surface area contributed by atoms with Gasteiger partial charge in [0.25, 0.3) is 0 Å². The number of anilines is 1. The molecule has 6 nitrogen and oxygen atoms in total. The van der Waals surface area contributed by atoms with E-state index in [1.54, 1.807) is 38.4 Å². The van der Waals surface area contributed by atoms with Crippen LogP contribution in [0.3, 0.4) is 0 Å². The van der Waals surface area contributed by atoms with Gasteiger partial charge in [0.15, 0.2) is 0 Å². The van der Waals surface area contributed by atoms with Gasteiger partial charge in [0, 0.05) is 12.3 Å². The summed E-state index contributed by atoms with van der Waals surface area (Å²) in [5.74, 6) is 0.264. The van der Waals surface area contributed by atoms with Gasteiger partial charge >= 0.3 is 5.97 Å². The molecule has 2 rings (SSSR count). The number of nitrogens with two attached hydrogens (primary N) is 1. The van der Waals surface area contributed by atoms with Crippen molar-refractivity contribution in [3.8, 4) is 11.4 Å². The fourth-order valence-corrected chi connectivity index (χ4v) is 1.64. The molecular formula is C13H15N3O3. The summed E-state index contributed by atoms with van der Waals surface area (Å²) in [5, 5.41) is 4.10. The smallest absolute Gasteiger partial charge is 0.341 e. The van der Waals surface area contributed by atoms with Crippen molar-refractivity contribution in [2.45, 2.75) is 6.92 Å². The maximum atomic E-state index is 11.5. The summed E-state index contributed by atoms with van der Waals surface area (Å²) in [4.78, 5) is 11.5. The Morgan fingerprint density at radius 3 is 2.89 bits per heavy atom. The third kappa shape index (κ3) is 2.67. The molecule has 0 atom stereocenters. The predicted octanol–water partition coefficient (Wildman–Crippen LogP) is 1.64. The van der Waals surface area contributed by atoms with Crippen molar-refractivity contribution in [1.29, 1.82) is 0 Å². The summed E-state index contributed by atoms with van der Waals surface area (Å²) in [5.41, 5.74) is 7.49. The molecule has 0 aliphatic rings. The van der Waals surface area contributed by atoms with Crippen molar-refractivity contribution < 1.29 is 14.3 Å². The zero-order chi connectivity index (χ0) is 13.8. The average Bonchev–Trinajstić information content (AvgIpc) is 2.88. The van der Waals surface area contributed by atoms with Crippen LogP contribution < -0.4 is 10.5 Å². The molecule has 0 unspecified atom stereocenters. The number of carbonyl (C=O) groups excluding carboxylic acids is 1. The highest BCUT2D eigenvalue weighted by molar-refractivity contribution is 5.88. The largest absolute Gasteiger partial charge is 0.497 e. The Labute approximate surface area is 110 Å². The Morgan fingerprint density at radius 1 is 1.47 bits per heavy atom. The first-order chi connectivity index (χ1) is 9.15. The molecule has 0 aliphatic heterocycles. The van der Waals surface area contributed by atoms with Crippen LogP contribution >= 0.6 is 0 Å². The minimum absolute atomic E-state index is 0.328. The quantitative estimate of drug-likeness (QED) is 0.668. The third-order valence-corrected chi connectivity index (χ3v) is 2.58. The number of aromatic nitrogens is 2. The van der Waals surface area contributed by atoms with Gasteiger partial charge in [0.05, 0.1) is 36.9 Å². The highest BCUT2D eigenvalue weighted by atomic mass is 16.5. The number of benzene rings is 1. The number of carbonyl (C=O) groups is 1. The number of hydrogen-bond donors (Lipinski definition) is 1. The number of ether oxygens (including phenoxy) is 2. The number of nitrogens with zero attached hydrogens (tertiary/aromatic N) is 2. The van der Waals surface area contributed by atoms with Crippen LogP contribution in [0.25, 0.3) is 5.69 Å². The van der Waals surface area contributed by atoms with E-state index in [4.69, 9.17) is 15.2 Å². The molecule has 1 aromatic carbocycles. The highest BCUT2D eigenvalue weighted by Gasteiger charge is 2.11. The fourth-order valence-electron chi connectivity index (χ4n) is 1.64. The van der Waals surface area contributed by atoms with Crippen LogP contribution in [0.1, 0.15) is 17.3 Å². The Morgan fingerprint density at radius 2 is 2.26 bits per heavy atom. The number of hydrogen-bond acceptors (Lipinski definition) is 5. The molecule has 1 heterocycles. The third-order valence-electron chi connectivity index (χ3n) is 2.58. The number of rotatable bonds is 4. The molecule has 0 aliphatic carbocycles. The topological polar surface area (TPSA) is 79.4 Å². The second-order valence-electron chi connectivity index (χ2n) is 3.82. The van der Waals surface area contributed by atoms with Gasteiger partial charge in [-0.3, -0.25) is 0 Å². The van der Waals surface area contributed by atoms with E-state index in [2.05, 4.69) is 5.10 Å². The summed E-state index contributed by atoms with van der Waals surface area (Å²) in [6.07, 6.45) is 3.03. The predicted molar refractivity (Wildman–Crippen MR) is 70.5 cm³/mol. The molecule has 0 amide bonds. The zero-order valence-corrected chi connectivity index (χ0v) is 10.8. The number of methoxy groups -OCH3 is 1. The highest BCUT2D eigenvalue weighted by Crippen LogP contribution is 2.22. The van der Waals surface area contributed by atoms with Crippen LogP contribution in [0.5, 0.6) is 5.75 Å². The second-order valence-corrected chi connectivity index (χ2v) is 3.82. The van der Waals surface area contributed by atoms with E-state index in [1.165, 1.54) is 10.9 Å². The maximum absolute atomic E-state index is 11.5. The first-order valence-electron chi connectivity index (χ1n) is 5.81. The van der Waals surface area contributed by atoms with E-state index in [0.29, 0.717) is 29.3 Å². The molecule has 6 heteroatoms. The first kappa shape index (κ1) is 12.9. The van der Waals surface area contributed by atoms with Crippen molar-refractivity contribution >= 4 is 11.7 Å². The van der Waals surface area contributed by atoms with E-state index >= 15 is 0 Å². The maximum Gasteiger partial charge on any atom is 0.341 e. The van der Waals surface area contributed by atoms with Crippen LogP contribution in [0.2, 0.25) is 0 Å². The lowest BCUT2D eigenvalue weighted by Gasteiger charge is -2.07. The molecular weight excluding hydrogens is 246 g/mol. The van der Waals surface area contributed by atoms with Crippen LogP contribution in [0.4, 0.5) is 5.69 Å². The van der Waals surface area contributed by atoms with Crippen molar-refractivity contribution in [3.63, 3.8) is 0 Å². The molecule has 100 valence electrons. The van der Waals surface area contributed by atoms with E-state index in [-0.39, 0.29) is 0 Å². The molecule has 0 spiro atoms. The summed E-state index contributed by atoms with van der Waals surface area (Å²) in [7, 11) is 1.57. The Balaban J connectivity index is 2.30. The van der Waals surface area contributed by atoms with Crippen LogP contribution in [-0.4, -0.2) is 29.5 Å². The van der Waals surface area contributed by atoms with E-state index in [0.717, 1.165) is 0 Å². The van der Waals surface area contributed by atoms with Crippen LogP contribution in [0, 0.1) is 0 Å². The summed E-state index contributed by atoms with van der Waals surface area (Å²) < 4.78 is 11.5. The van der Waals surface area contributed by atoms with Crippen molar-refractivity contribution in [2.24, 2.45) is 0 Å². The lowest BCUT2D eigenvalue weighted by atomic mass is 10.2. The Kier molecular flexibility index (Phi) is 3.70. The lowest BCUT2D eigenvalue weighted by molar-refractivity contribution is 0.0526. The van der Waals surface area contributed by atoms with Gasteiger partial charge in [-0.15, -0.1) is 0 Å². The summed E-state index contributed by atoms with van der Waals surface area (Å²) in [6, 6.07) is 5.24. The van der Waals surface area contributed by atoms with Crippen molar-refractivity contribution in [3.05, 3.63) is 36.2 Å².